The fourth-order valence-electron chi connectivity index (χ4n) is 11.3. The highest BCUT2D eigenvalue weighted by atomic mass is 16.8. The summed E-state index contributed by atoms with van der Waals surface area (Å²) in [5.41, 5.74) is 2.17. The van der Waals surface area contributed by atoms with E-state index in [1.54, 1.807) is 7.11 Å². The molecule has 12 bridgehead atoms. The van der Waals surface area contributed by atoms with E-state index in [4.69, 9.17) is 42.6 Å². The van der Waals surface area contributed by atoms with E-state index in [0.717, 1.165) is 49.7 Å². The fourth-order valence-corrected chi connectivity index (χ4v) is 11.3. The Hall–Kier alpha value is -1.29. The second-order valence-corrected chi connectivity index (χ2v) is 17.4. The van der Waals surface area contributed by atoms with E-state index in [2.05, 4.69) is 20.1 Å². The van der Waals surface area contributed by atoms with Crippen molar-refractivity contribution >= 4 is 5.78 Å². The van der Waals surface area contributed by atoms with E-state index in [9.17, 15) is 15.0 Å². The molecule has 12 heteroatoms. The van der Waals surface area contributed by atoms with Crippen LogP contribution in [0.3, 0.4) is 0 Å². The second-order valence-electron chi connectivity index (χ2n) is 17.4. The summed E-state index contributed by atoms with van der Waals surface area (Å²) in [7, 11) is 1.63. The lowest BCUT2D eigenvalue weighted by atomic mass is 9.81. The maximum absolute atomic E-state index is 14.0. The molecule has 10 heterocycles. The van der Waals surface area contributed by atoms with Gasteiger partial charge in [-0.2, -0.15) is 0 Å². The average molecular weight is 731 g/mol. The van der Waals surface area contributed by atoms with Crippen LogP contribution < -0.4 is 0 Å². The number of carbonyl (C=O) groups is 1. The van der Waals surface area contributed by atoms with Crippen molar-refractivity contribution in [1.29, 1.82) is 0 Å². The van der Waals surface area contributed by atoms with Crippen molar-refractivity contribution in [2.75, 3.05) is 13.7 Å². The smallest absolute Gasteiger partial charge is 0.172 e. The van der Waals surface area contributed by atoms with Gasteiger partial charge in [0.15, 0.2) is 5.79 Å². The molecule has 19 atom stereocenters. The number of fused-ring (bicyclic) bond motifs is 6. The Labute approximate surface area is 306 Å². The molecule has 0 radical (unpaired) electrons. The number of carbonyl (C=O) groups excluding carboxylic acids is 1. The monoisotopic (exact) mass is 730 g/mol. The lowest BCUT2D eigenvalue weighted by Crippen LogP contribution is -2.61. The first-order valence-electron chi connectivity index (χ1n) is 20.1. The van der Waals surface area contributed by atoms with Gasteiger partial charge in [-0.05, 0) is 62.0 Å². The van der Waals surface area contributed by atoms with Gasteiger partial charge in [-0.25, -0.2) is 0 Å². The molecular weight excluding hydrogens is 672 g/mol. The lowest BCUT2D eigenvalue weighted by Gasteiger charge is -2.47. The largest absolute Gasteiger partial charge is 0.394 e. The van der Waals surface area contributed by atoms with E-state index in [0.29, 0.717) is 25.7 Å². The topological polar surface area (TPSA) is 141 Å². The molecule has 0 aromatic heterocycles. The summed E-state index contributed by atoms with van der Waals surface area (Å²) in [4.78, 5) is 14.0. The molecule has 0 aromatic carbocycles. The molecule has 10 fully saturated rings. The molecule has 0 saturated carbocycles. The molecule has 1 unspecified atom stereocenters. The predicted octanol–water partition coefficient (Wildman–Crippen LogP) is 3.47. The van der Waals surface area contributed by atoms with Crippen molar-refractivity contribution in [3.8, 4) is 0 Å². The van der Waals surface area contributed by atoms with Crippen LogP contribution >= 0.6 is 0 Å². The van der Waals surface area contributed by atoms with Crippen molar-refractivity contribution in [1.82, 2.24) is 0 Å². The summed E-state index contributed by atoms with van der Waals surface area (Å²) >= 11 is 0. The first-order valence-corrected chi connectivity index (χ1v) is 20.1. The van der Waals surface area contributed by atoms with E-state index >= 15 is 0 Å². The van der Waals surface area contributed by atoms with Crippen LogP contribution in [-0.4, -0.2) is 133 Å². The third-order valence-electron chi connectivity index (χ3n) is 13.9. The summed E-state index contributed by atoms with van der Waals surface area (Å²) in [5.74, 6) is -0.709. The molecule has 10 rings (SSSR count). The number of aliphatic hydroxyl groups is 2. The van der Waals surface area contributed by atoms with Crippen LogP contribution in [0, 0.1) is 11.8 Å². The standard InChI is InChI=1S/C40H58O12/c1-19-11-24-5-7-28-20(2)12-26(45-28)9-10-40-17-33-36(51-40)37-38(50-33)39(52-40)35-29(49-37)8-6-25(47-35)13-22(42)14-27-31(16-30(46-24)21(19)3)48-32(34(27)44-4)15-23(43)18-41/h19,23-39,41,43H,2-3,5-18H2,1,4H3/t19-,23+,24+,25-,26+,27+,28+,29+,30-,31+,32-,33-,34-,35+,36?,37+,38-,39+,40+/m1/s1. The molecule has 1 spiro atoms. The van der Waals surface area contributed by atoms with Crippen LogP contribution in [0.2, 0.25) is 0 Å². The number of Topliss-reactive ketones (excluding diaryl/α,β-unsaturated/α-hetero) is 1. The number of rotatable bonds is 4. The first-order chi connectivity index (χ1) is 25.1. The summed E-state index contributed by atoms with van der Waals surface area (Å²) in [5, 5.41) is 20.1. The third kappa shape index (κ3) is 6.59. The maximum Gasteiger partial charge on any atom is 0.172 e. The van der Waals surface area contributed by atoms with Gasteiger partial charge in [-0.3, -0.25) is 4.79 Å². The summed E-state index contributed by atoms with van der Waals surface area (Å²) in [6, 6.07) is 0. The number of ether oxygens (including phenoxy) is 9. The van der Waals surface area contributed by atoms with Crippen molar-refractivity contribution in [3.63, 3.8) is 0 Å². The van der Waals surface area contributed by atoms with Gasteiger partial charge >= 0.3 is 0 Å². The molecule has 290 valence electrons. The van der Waals surface area contributed by atoms with Crippen LogP contribution in [0.15, 0.2) is 24.3 Å². The fraction of sp³-hybridized carbons (Fsp3) is 0.875. The Morgan fingerprint density at radius 1 is 0.788 bits per heavy atom. The first kappa shape index (κ1) is 36.4. The van der Waals surface area contributed by atoms with Crippen molar-refractivity contribution in [2.24, 2.45) is 11.8 Å². The van der Waals surface area contributed by atoms with Crippen LogP contribution in [0.25, 0.3) is 0 Å². The van der Waals surface area contributed by atoms with E-state index in [1.165, 1.54) is 0 Å². The van der Waals surface area contributed by atoms with Crippen LogP contribution in [0.1, 0.15) is 90.4 Å². The van der Waals surface area contributed by atoms with Crippen LogP contribution in [-0.2, 0) is 47.4 Å². The van der Waals surface area contributed by atoms with Gasteiger partial charge in [0.1, 0.15) is 36.3 Å². The van der Waals surface area contributed by atoms with E-state index in [1.807, 2.05) is 0 Å². The molecule has 12 nitrogen and oxygen atoms in total. The molecule has 0 amide bonds. The lowest BCUT2D eigenvalue weighted by molar-refractivity contribution is -0.292. The zero-order chi connectivity index (χ0) is 35.9. The highest BCUT2D eigenvalue weighted by Crippen LogP contribution is 2.54. The normalized spacial score (nSPS) is 52.4. The third-order valence-corrected chi connectivity index (χ3v) is 13.9. The maximum atomic E-state index is 14.0. The van der Waals surface area contributed by atoms with Crippen LogP contribution in [0.4, 0.5) is 0 Å². The van der Waals surface area contributed by atoms with Gasteiger partial charge in [-0.1, -0.05) is 20.1 Å². The Kier molecular flexibility index (Phi) is 10.0. The SMILES string of the molecule is C=C1C[C@@H]2CC[C@@]34C[C@H]5O[C@H]6[C@@H](O3)[C@H]3O[C@H](CC[C@@H]3O[C@H]6C5O4)CC(=O)C[C@@H]3[C@@H](OC)[C@@H](C[C@H](O)CO)O[C@H]3C[C@H]3O[C@@H](CC[C@@H]1O2)C[C@@H](C)C3=C. The zero-order valence-corrected chi connectivity index (χ0v) is 30.7. The minimum Gasteiger partial charge on any atom is -0.394 e. The Morgan fingerprint density at radius 2 is 1.54 bits per heavy atom. The van der Waals surface area contributed by atoms with Crippen LogP contribution in [0.5, 0.6) is 0 Å². The van der Waals surface area contributed by atoms with Crippen molar-refractivity contribution in [3.05, 3.63) is 24.3 Å². The van der Waals surface area contributed by atoms with Gasteiger partial charge in [0.2, 0.25) is 0 Å². The number of methoxy groups -OCH3 is 1. The molecule has 10 saturated heterocycles. The predicted molar refractivity (Wildman–Crippen MR) is 184 cm³/mol. The van der Waals surface area contributed by atoms with E-state index < -0.39 is 24.1 Å². The highest BCUT2D eigenvalue weighted by molar-refractivity contribution is 5.79. The number of hydrogen-bond donors (Lipinski definition) is 2. The van der Waals surface area contributed by atoms with Crippen molar-refractivity contribution in [2.45, 2.75) is 194 Å². The van der Waals surface area contributed by atoms with Gasteiger partial charge in [0.05, 0.1) is 73.8 Å². The second kappa shape index (κ2) is 14.3. The van der Waals surface area contributed by atoms with Gasteiger partial charge in [-0.15, -0.1) is 0 Å². The molecule has 52 heavy (non-hydrogen) atoms. The van der Waals surface area contributed by atoms with Gasteiger partial charge < -0.3 is 52.8 Å². The average Bonchev–Trinajstić information content (AvgIpc) is 3.79. The van der Waals surface area contributed by atoms with E-state index in [-0.39, 0.29) is 123 Å². The Morgan fingerprint density at radius 3 is 2.37 bits per heavy atom. The molecule has 2 N–H and O–H groups in total. The summed E-state index contributed by atoms with van der Waals surface area (Å²) < 4.78 is 59.8. The highest BCUT2D eigenvalue weighted by Gasteiger charge is 2.68. The Bertz CT molecular complexity index is 1370. The quantitative estimate of drug-likeness (QED) is 0.410. The molecular formula is C40H58O12. The summed E-state index contributed by atoms with van der Waals surface area (Å²) in [6.45, 7) is 10.7. The number of hydrogen-bond acceptors (Lipinski definition) is 12. The Balaban J connectivity index is 0.994. The molecule has 0 aliphatic carbocycles. The number of ketones is 1. The zero-order valence-electron chi connectivity index (χ0n) is 30.7. The number of aliphatic hydroxyl groups excluding tert-OH is 2. The van der Waals surface area contributed by atoms with Crippen molar-refractivity contribution < 1.29 is 57.6 Å². The molecule has 10 aliphatic heterocycles. The minimum atomic E-state index is -0.951. The molecule has 0 aromatic rings. The van der Waals surface area contributed by atoms with Gasteiger partial charge in [0, 0.05) is 51.6 Å². The summed E-state index contributed by atoms with van der Waals surface area (Å²) in [6.07, 6.45) is 4.01. The minimum absolute atomic E-state index is 0.0260. The van der Waals surface area contributed by atoms with Gasteiger partial charge in [0.25, 0.3) is 0 Å². The molecule has 10 aliphatic rings.